The molecule has 1 fully saturated rings. The van der Waals surface area contributed by atoms with Gasteiger partial charge < -0.3 is 20.1 Å². The third kappa shape index (κ3) is 4.00. The van der Waals surface area contributed by atoms with Gasteiger partial charge in [0, 0.05) is 5.56 Å². The molecule has 0 amide bonds. The number of quaternary nitrogens is 2. The second-order valence-electron chi connectivity index (χ2n) is 4.35. The molecule has 4 heteroatoms. The summed E-state index contributed by atoms with van der Waals surface area (Å²) < 4.78 is 11.0. The van der Waals surface area contributed by atoms with Gasteiger partial charge in [0.05, 0.1) is 19.8 Å². The Morgan fingerprint density at radius 2 is 1.88 bits per heavy atom. The maximum absolute atomic E-state index is 5.73. The fourth-order valence-corrected chi connectivity index (χ4v) is 1.98. The van der Waals surface area contributed by atoms with Crippen LogP contribution in [0.5, 0.6) is 5.75 Å². The van der Waals surface area contributed by atoms with Gasteiger partial charge in [-0.15, -0.1) is 0 Å². The largest absolute Gasteiger partial charge is 0.488 e. The lowest BCUT2D eigenvalue weighted by molar-refractivity contribution is -0.908. The first kappa shape index (κ1) is 12.4. The quantitative estimate of drug-likeness (QED) is 0.671. The highest BCUT2D eigenvalue weighted by molar-refractivity contribution is 5.26. The molecule has 94 valence electrons. The third-order valence-electron chi connectivity index (χ3n) is 3.14. The zero-order valence-electron chi connectivity index (χ0n) is 10.3. The topological polar surface area (TPSA) is 50.5 Å². The van der Waals surface area contributed by atoms with E-state index < -0.39 is 0 Å². The summed E-state index contributed by atoms with van der Waals surface area (Å²) in [5.74, 6) is 0.954. The number of rotatable bonds is 5. The minimum absolute atomic E-state index is 0.777. The lowest BCUT2D eigenvalue weighted by Crippen LogP contribution is -3.14. The zero-order chi connectivity index (χ0) is 11.9. The molecule has 17 heavy (non-hydrogen) atoms. The second-order valence-corrected chi connectivity index (χ2v) is 4.35. The number of nitrogens with one attached hydrogen (secondary N) is 1. The Bertz CT molecular complexity index is 321. The maximum Gasteiger partial charge on any atom is 0.137 e. The lowest BCUT2D eigenvalue weighted by Gasteiger charge is -2.23. The van der Waals surface area contributed by atoms with E-state index in [2.05, 4.69) is 17.9 Å². The van der Waals surface area contributed by atoms with Crippen LogP contribution in [0, 0.1) is 0 Å². The van der Waals surface area contributed by atoms with Crippen LogP contribution in [0.3, 0.4) is 0 Å². The van der Waals surface area contributed by atoms with Gasteiger partial charge in [-0.3, -0.25) is 0 Å². The summed E-state index contributed by atoms with van der Waals surface area (Å²) in [7, 11) is 0. The normalized spacial score (nSPS) is 17.0. The lowest BCUT2D eigenvalue weighted by atomic mass is 10.2. The van der Waals surface area contributed by atoms with E-state index in [-0.39, 0.29) is 0 Å². The predicted molar refractivity (Wildman–Crippen MR) is 64.9 cm³/mol. The van der Waals surface area contributed by atoms with Crippen molar-refractivity contribution in [1.29, 1.82) is 0 Å². The molecule has 0 aromatic heterocycles. The van der Waals surface area contributed by atoms with Crippen LogP contribution in [-0.2, 0) is 11.3 Å². The standard InChI is InChI=1S/C13H20N2O2/c14-11-12-1-3-13(4-2-12)17-10-7-15-5-8-16-9-6-15/h1-4H,5-11,14H2/p+2. The average Bonchev–Trinajstić information content (AvgIpc) is 2.41. The van der Waals surface area contributed by atoms with Crippen LogP contribution in [-0.4, -0.2) is 39.5 Å². The highest BCUT2D eigenvalue weighted by Gasteiger charge is 2.13. The van der Waals surface area contributed by atoms with E-state index in [1.165, 1.54) is 5.56 Å². The summed E-state index contributed by atoms with van der Waals surface area (Å²) in [6.45, 7) is 6.63. The molecule has 1 heterocycles. The molecule has 2 rings (SSSR count). The van der Waals surface area contributed by atoms with Crippen LogP contribution in [0.2, 0.25) is 0 Å². The van der Waals surface area contributed by atoms with Crippen LogP contribution in [0.4, 0.5) is 0 Å². The molecule has 0 saturated carbocycles. The minimum Gasteiger partial charge on any atom is -0.488 e. The van der Waals surface area contributed by atoms with E-state index in [1.807, 2.05) is 12.1 Å². The van der Waals surface area contributed by atoms with Gasteiger partial charge in [0.2, 0.25) is 0 Å². The van der Waals surface area contributed by atoms with Crippen LogP contribution < -0.4 is 15.4 Å². The summed E-state index contributed by atoms with van der Waals surface area (Å²) in [5, 5.41) is 0. The van der Waals surface area contributed by atoms with E-state index in [0.717, 1.165) is 51.7 Å². The SMILES string of the molecule is [NH3+]Cc1ccc(OCC[NH+]2CCOCC2)cc1. The van der Waals surface area contributed by atoms with Crippen molar-refractivity contribution < 1.29 is 20.1 Å². The van der Waals surface area contributed by atoms with E-state index >= 15 is 0 Å². The maximum atomic E-state index is 5.73. The Balaban J connectivity index is 1.69. The molecule has 0 spiro atoms. The first-order valence-corrected chi connectivity index (χ1v) is 6.31. The van der Waals surface area contributed by atoms with Crippen molar-refractivity contribution in [2.24, 2.45) is 0 Å². The van der Waals surface area contributed by atoms with Gasteiger partial charge in [0.1, 0.15) is 32.0 Å². The summed E-state index contributed by atoms with van der Waals surface area (Å²) in [4.78, 5) is 1.57. The summed E-state index contributed by atoms with van der Waals surface area (Å²) in [5.41, 5.74) is 5.10. The Morgan fingerprint density at radius 3 is 2.53 bits per heavy atom. The van der Waals surface area contributed by atoms with Gasteiger partial charge in [0.15, 0.2) is 0 Å². The van der Waals surface area contributed by atoms with Crippen molar-refractivity contribution in [3.05, 3.63) is 29.8 Å². The van der Waals surface area contributed by atoms with Crippen molar-refractivity contribution in [1.82, 2.24) is 0 Å². The number of hydrogen-bond donors (Lipinski definition) is 2. The molecule has 0 unspecified atom stereocenters. The molecule has 4 N–H and O–H groups in total. The first-order valence-electron chi connectivity index (χ1n) is 6.31. The van der Waals surface area contributed by atoms with Gasteiger partial charge in [-0.1, -0.05) is 0 Å². The molecule has 0 atom stereocenters. The summed E-state index contributed by atoms with van der Waals surface area (Å²) in [6.07, 6.45) is 0. The number of benzene rings is 1. The molecular formula is C13H22N2O2+2. The van der Waals surface area contributed by atoms with Gasteiger partial charge in [-0.05, 0) is 24.3 Å². The van der Waals surface area contributed by atoms with Crippen molar-refractivity contribution in [2.45, 2.75) is 6.54 Å². The van der Waals surface area contributed by atoms with E-state index in [9.17, 15) is 0 Å². The van der Waals surface area contributed by atoms with E-state index in [4.69, 9.17) is 9.47 Å². The molecule has 1 aliphatic rings. The third-order valence-corrected chi connectivity index (χ3v) is 3.14. The Labute approximate surface area is 102 Å². The molecular weight excluding hydrogens is 216 g/mol. The summed E-state index contributed by atoms with van der Waals surface area (Å²) in [6, 6.07) is 8.19. The van der Waals surface area contributed by atoms with Crippen molar-refractivity contribution in [2.75, 3.05) is 39.5 Å². The monoisotopic (exact) mass is 238 g/mol. The van der Waals surface area contributed by atoms with Crippen molar-refractivity contribution in [3.8, 4) is 5.75 Å². The molecule has 4 nitrogen and oxygen atoms in total. The van der Waals surface area contributed by atoms with Crippen LogP contribution >= 0.6 is 0 Å². The molecule has 1 aliphatic heterocycles. The van der Waals surface area contributed by atoms with Gasteiger partial charge in [0.25, 0.3) is 0 Å². The van der Waals surface area contributed by atoms with Crippen molar-refractivity contribution >= 4 is 0 Å². The van der Waals surface area contributed by atoms with Crippen LogP contribution in [0.25, 0.3) is 0 Å². The molecule has 0 bridgehead atoms. The molecule has 1 aromatic carbocycles. The smallest absolute Gasteiger partial charge is 0.137 e. The van der Waals surface area contributed by atoms with Gasteiger partial charge >= 0.3 is 0 Å². The molecule has 0 radical (unpaired) electrons. The number of morpholine rings is 1. The predicted octanol–water partition coefficient (Wildman–Crippen LogP) is -1.28. The van der Waals surface area contributed by atoms with E-state index in [0.29, 0.717) is 0 Å². The fraction of sp³-hybridized carbons (Fsp3) is 0.538. The Morgan fingerprint density at radius 1 is 1.18 bits per heavy atom. The Kier molecular flexibility index (Phi) is 4.79. The molecule has 1 saturated heterocycles. The van der Waals surface area contributed by atoms with Crippen LogP contribution in [0.1, 0.15) is 5.56 Å². The first-order chi connectivity index (χ1) is 8.38. The van der Waals surface area contributed by atoms with Gasteiger partial charge in [-0.25, -0.2) is 0 Å². The second kappa shape index (κ2) is 6.59. The van der Waals surface area contributed by atoms with Crippen molar-refractivity contribution in [3.63, 3.8) is 0 Å². The molecule has 0 aliphatic carbocycles. The van der Waals surface area contributed by atoms with E-state index in [1.54, 1.807) is 4.90 Å². The highest BCUT2D eigenvalue weighted by atomic mass is 16.5. The Hall–Kier alpha value is -1.10. The van der Waals surface area contributed by atoms with Gasteiger partial charge in [-0.2, -0.15) is 0 Å². The average molecular weight is 238 g/mol. The highest BCUT2D eigenvalue weighted by Crippen LogP contribution is 2.10. The number of hydrogen-bond acceptors (Lipinski definition) is 2. The minimum atomic E-state index is 0.777. The molecule has 1 aromatic rings. The summed E-state index contributed by atoms with van der Waals surface area (Å²) >= 11 is 0. The zero-order valence-corrected chi connectivity index (χ0v) is 10.3. The fourth-order valence-electron chi connectivity index (χ4n) is 1.98. The van der Waals surface area contributed by atoms with Crippen LogP contribution in [0.15, 0.2) is 24.3 Å². The number of ether oxygens (including phenoxy) is 2.